The summed E-state index contributed by atoms with van der Waals surface area (Å²) >= 11 is 11.6. The fourth-order valence-corrected chi connectivity index (χ4v) is 2.41. The first-order valence-corrected chi connectivity index (χ1v) is 8.14. The lowest BCUT2D eigenvalue weighted by atomic mass is 10.1. The van der Waals surface area contributed by atoms with Crippen LogP contribution in [-0.4, -0.2) is 23.9 Å². The molecule has 2 aromatic carbocycles. The van der Waals surface area contributed by atoms with E-state index in [9.17, 15) is 18.7 Å². The first kappa shape index (κ1) is 19.9. The molecule has 0 radical (unpaired) electrons. The van der Waals surface area contributed by atoms with Crippen molar-refractivity contribution in [1.29, 1.82) is 0 Å². The Bertz CT molecular complexity index is 881. The van der Waals surface area contributed by atoms with Crippen LogP contribution in [0.1, 0.15) is 12.5 Å². The van der Waals surface area contributed by atoms with E-state index < -0.39 is 23.4 Å². The Morgan fingerprint density at radius 2 is 1.85 bits per heavy atom. The molecule has 0 unspecified atom stereocenters. The second-order valence-corrected chi connectivity index (χ2v) is 5.78. The van der Waals surface area contributed by atoms with E-state index in [1.807, 2.05) is 0 Å². The van der Waals surface area contributed by atoms with Crippen molar-refractivity contribution in [2.45, 2.75) is 6.92 Å². The van der Waals surface area contributed by atoms with Gasteiger partial charge in [0.2, 0.25) is 0 Å². The van der Waals surface area contributed by atoms with E-state index in [2.05, 4.69) is 4.99 Å². The highest BCUT2D eigenvalue weighted by molar-refractivity contribution is 6.36. The third-order valence-electron chi connectivity index (χ3n) is 3.18. The Morgan fingerprint density at radius 3 is 2.46 bits per heavy atom. The Hall–Kier alpha value is -2.44. The van der Waals surface area contributed by atoms with Crippen molar-refractivity contribution >= 4 is 46.8 Å². The Morgan fingerprint density at radius 1 is 1.19 bits per heavy atom. The summed E-state index contributed by atoms with van der Waals surface area (Å²) in [7, 11) is 0. The molecule has 0 saturated carbocycles. The number of nitrogens with zero attached hydrogens (tertiary/aromatic N) is 1. The van der Waals surface area contributed by atoms with Gasteiger partial charge in [0.15, 0.2) is 0 Å². The van der Waals surface area contributed by atoms with Crippen molar-refractivity contribution in [3.63, 3.8) is 0 Å². The SMILES string of the molecule is CCOC(=O)/C(C=Nc1ccc(F)cc1)=C(\O)c1cc(F)c(Cl)cc1Cl. The van der Waals surface area contributed by atoms with E-state index in [-0.39, 0.29) is 27.8 Å². The van der Waals surface area contributed by atoms with Crippen LogP contribution in [0.15, 0.2) is 47.0 Å². The number of halogens is 4. The second-order valence-electron chi connectivity index (χ2n) is 4.96. The summed E-state index contributed by atoms with van der Waals surface area (Å²) in [6.07, 6.45) is 1.03. The number of ether oxygens (including phenoxy) is 1. The van der Waals surface area contributed by atoms with Gasteiger partial charge in [-0.05, 0) is 43.3 Å². The molecular formula is C18H13Cl2F2NO3. The van der Waals surface area contributed by atoms with E-state index in [0.717, 1.165) is 18.3 Å². The number of rotatable bonds is 5. The molecule has 1 N–H and O–H groups in total. The maximum Gasteiger partial charge on any atom is 0.343 e. The highest BCUT2D eigenvalue weighted by Gasteiger charge is 2.20. The van der Waals surface area contributed by atoms with Gasteiger partial charge in [-0.15, -0.1) is 0 Å². The van der Waals surface area contributed by atoms with Gasteiger partial charge in [0.05, 0.1) is 22.3 Å². The molecular weight excluding hydrogens is 387 g/mol. The summed E-state index contributed by atoms with van der Waals surface area (Å²) in [5.74, 6) is -2.79. The van der Waals surface area contributed by atoms with Crippen LogP contribution < -0.4 is 0 Å². The van der Waals surface area contributed by atoms with Crippen LogP contribution >= 0.6 is 23.2 Å². The molecule has 0 fully saturated rings. The first-order valence-electron chi connectivity index (χ1n) is 7.38. The third kappa shape index (κ3) is 4.80. The molecule has 2 aromatic rings. The molecule has 0 bridgehead atoms. The van der Waals surface area contributed by atoms with Crippen LogP contribution in [0, 0.1) is 11.6 Å². The number of carbonyl (C=O) groups excluding carboxylic acids is 1. The summed E-state index contributed by atoms with van der Waals surface area (Å²) < 4.78 is 31.5. The molecule has 8 heteroatoms. The normalized spacial score (nSPS) is 12.2. The number of aliphatic imine (C=N–C) groups is 1. The Balaban J connectivity index is 2.52. The lowest BCUT2D eigenvalue weighted by Gasteiger charge is -2.09. The summed E-state index contributed by atoms with van der Waals surface area (Å²) in [4.78, 5) is 16.1. The molecule has 0 aliphatic carbocycles. The van der Waals surface area contributed by atoms with E-state index in [4.69, 9.17) is 27.9 Å². The van der Waals surface area contributed by atoms with Gasteiger partial charge >= 0.3 is 5.97 Å². The zero-order valence-electron chi connectivity index (χ0n) is 13.5. The standard InChI is InChI=1S/C18H13Cl2F2NO3/c1-2-26-18(25)13(9-23-11-5-3-10(21)4-6-11)17(24)12-7-16(22)15(20)8-14(12)19/h3-9,24H,2H2,1H3/b17-13-,23-9?. The lowest BCUT2D eigenvalue weighted by molar-refractivity contribution is -0.137. The quantitative estimate of drug-likeness (QED) is 0.237. The van der Waals surface area contributed by atoms with Crippen molar-refractivity contribution in [3.8, 4) is 0 Å². The molecule has 0 aliphatic heterocycles. The van der Waals surface area contributed by atoms with Gasteiger partial charge in [-0.25, -0.2) is 13.6 Å². The molecule has 2 rings (SSSR count). The second kappa shape index (κ2) is 8.78. The highest BCUT2D eigenvalue weighted by atomic mass is 35.5. The number of aliphatic hydroxyl groups excluding tert-OH is 1. The largest absolute Gasteiger partial charge is 0.506 e. The molecule has 0 amide bonds. The number of esters is 1. The molecule has 4 nitrogen and oxygen atoms in total. The average Bonchev–Trinajstić information content (AvgIpc) is 2.60. The number of aliphatic hydroxyl groups is 1. The average molecular weight is 400 g/mol. The highest BCUT2D eigenvalue weighted by Crippen LogP contribution is 2.30. The Kier molecular flexibility index (Phi) is 6.71. The smallest absolute Gasteiger partial charge is 0.343 e. The van der Waals surface area contributed by atoms with Gasteiger partial charge in [-0.3, -0.25) is 4.99 Å². The monoisotopic (exact) mass is 399 g/mol. The van der Waals surface area contributed by atoms with E-state index in [1.54, 1.807) is 6.92 Å². The minimum atomic E-state index is -0.887. The molecule has 26 heavy (non-hydrogen) atoms. The van der Waals surface area contributed by atoms with Crippen LogP contribution in [0.3, 0.4) is 0 Å². The lowest BCUT2D eigenvalue weighted by Crippen LogP contribution is -2.11. The molecule has 0 heterocycles. The van der Waals surface area contributed by atoms with Crippen LogP contribution in [0.2, 0.25) is 10.0 Å². The number of benzene rings is 2. The van der Waals surface area contributed by atoms with Gasteiger partial charge in [-0.2, -0.15) is 0 Å². The number of hydrogen-bond donors (Lipinski definition) is 1. The summed E-state index contributed by atoms with van der Waals surface area (Å²) in [6.45, 7) is 1.63. The van der Waals surface area contributed by atoms with Gasteiger partial charge in [0, 0.05) is 11.8 Å². The van der Waals surface area contributed by atoms with Gasteiger partial charge in [-0.1, -0.05) is 23.2 Å². The van der Waals surface area contributed by atoms with Gasteiger partial charge < -0.3 is 9.84 Å². The predicted octanol–water partition coefficient (Wildman–Crippen LogP) is 5.51. The summed E-state index contributed by atoms with van der Waals surface area (Å²) in [5, 5.41) is 10.1. The summed E-state index contributed by atoms with van der Waals surface area (Å²) in [5.41, 5.74) is -0.170. The van der Waals surface area contributed by atoms with Crippen LogP contribution in [0.4, 0.5) is 14.5 Å². The predicted molar refractivity (Wildman–Crippen MR) is 97.2 cm³/mol. The van der Waals surface area contributed by atoms with Crippen LogP contribution in [0.25, 0.3) is 5.76 Å². The van der Waals surface area contributed by atoms with Crippen LogP contribution in [-0.2, 0) is 9.53 Å². The van der Waals surface area contributed by atoms with Crippen molar-refractivity contribution < 1.29 is 23.4 Å². The zero-order chi connectivity index (χ0) is 19.3. The van der Waals surface area contributed by atoms with Gasteiger partial charge in [0.25, 0.3) is 0 Å². The number of hydrogen-bond acceptors (Lipinski definition) is 4. The van der Waals surface area contributed by atoms with Crippen molar-refractivity contribution in [1.82, 2.24) is 0 Å². The fourth-order valence-electron chi connectivity index (χ4n) is 1.93. The fraction of sp³-hybridized carbons (Fsp3) is 0.111. The Labute approximate surface area is 158 Å². The number of carbonyl (C=O) groups is 1. The topological polar surface area (TPSA) is 58.9 Å². The molecule has 0 aliphatic rings. The van der Waals surface area contributed by atoms with Crippen molar-refractivity contribution in [3.05, 3.63) is 69.2 Å². The maximum atomic E-state index is 13.7. The van der Waals surface area contributed by atoms with E-state index in [1.165, 1.54) is 24.3 Å². The van der Waals surface area contributed by atoms with Crippen LogP contribution in [0.5, 0.6) is 0 Å². The molecule has 0 aromatic heterocycles. The molecule has 0 atom stereocenters. The molecule has 136 valence electrons. The molecule has 0 spiro atoms. The van der Waals surface area contributed by atoms with Crippen molar-refractivity contribution in [2.24, 2.45) is 4.99 Å². The minimum absolute atomic E-state index is 0.0444. The first-order chi connectivity index (χ1) is 12.3. The minimum Gasteiger partial charge on any atom is -0.506 e. The van der Waals surface area contributed by atoms with E-state index >= 15 is 0 Å². The zero-order valence-corrected chi connectivity index (χ0v) is 15.0. The van der Waals surface area contributed by atoms with Crippen molar-refractivity contribution in [2.75, 3.05) is 6.61 Å². The molecule has 0 saturated heterocycles. The summed E-state index contributed by atoms with van der Waals surface area (Å²) in [6, 6.07) is 7.12. The third-order valence-corrected chi connectivity index (χ3v) is 3.79. The maximum absolute atomic E-state index is 13.7. The van der Waals surface area contributed by atoms with Gasteiger partial charge in [0.1, 0.15) is 23.0 Å². The van der Waals surface area contributed by atoms with E-state index in [0.29, 0.717) is 5.69 Å².